The van der Waals surface area contributed by atoms with Crippen LogP contribution < -0.4 is 15.5 Å². The van der Waals surface area contributed by atoms with Crippen molar-refractivity contribution in [3.05, 3.63) is 42.0 Å². The number of fused-ring (bicyclic) bond motifs is 1. The number of anilines is 1. The van der Waals surface area contributed by atoms with Gasteiger partial charge in [-0.15, -0.1) is 0 Å². The van der Waals surface area contributed by atoms with Crippen LogP contribution in [-0.4, -0.2) is 61.1 Å². The summed E-state index contributed by atoms with van der Waals surface area (Å²) in [4.78, 5) is 11.2. The third kappa shape index (κ3) is 6.19. The quantitative estimate of drug-likeness (QED) is 0.380. The van der Waals surface area contributed by atoms with E-state index in [2.05, 4.69) is 61.9 Å². The molecule has 0 bridgehead atoms. The molecule has 0 spiro atoms. The first-order chi connectivity index (χ1) is 14.2. The van der Waals surface area contributed by atoms with E-state index >= 15 is 0 Å². The Morgan fingerprint density at radius 2 is 2.14 bits per heavy atom. The van der Waals surface area contributed by atoms with Gasteiger partial charge in [0, 0.05) is 52.4 Å². The van der Waals surface area contributed by atoms with Crippen molar-refractivity contribution >= 4 is 11.6 Å². The molecule has 1 aromatic heterocycles. The summed E-state index contributed by atoms with van der Waals surface area (Å²) in [5.74, 6) is 2.65. The first-order valence-electron chi connectivity index (χ1n) is 10.3. The summed E-state index contributed by atoms with van der Waals surface area (Å²) in [5, 5.41) is 11.5. The van der Waals surface area contributed by atoms with Gasteiger partial charge in [-0.1, -0.05) is 18.2 Å². The van der Waals surface area contributed by atoms with Crippen LogP contribution in [0.4, 0.5) is 5.69 Å². The van der Waals surface area contributed by atoms with Crippen LogP contribution in [0.15, 0.2) is 35.3 Å². The Hall–Kier alpha value is -2.61. The molecule has 1 aliphatic rings. The first kappa shape index (κ1) is 21.1. The fraction of sp³-hybridized carbons (Fsp3) is 0.571. The number of nitrogens with zero attached hydrogens (tertiary/aromatic N) is 5. The van der Waals surface area contributed by atoms with E-state index in [-0.39, 0.29) is 0 Å². The molecule has 0 fully saturated rings. The molecule has 2 N–H and O–H groups in total. The topological polar surface area (TPSA) is 79.6 Å². The number of benzene rings is 1. The Balaban J connectivity index is 1.36. The predicted octanol–water partition coefficient (Wildman–Crippen LogP) is 1.82. The predicted molar refractivity (Wildman–Crippen MR) is 116 cm³/mol. The highest BCUT2D eigenvalue weighted by Crippen LogP contribution is 2.14. The molecule has 8 heteroatoms. The molecule has 0 saturated heterocycles. The van der Waals surface area contributed by atoms with Crippen molar-refractivity contribution in [3.63, 3.8) is 0 Å². The van der Waals surface area contributed by atoms with Crippen molar-refractivity contribution in [1.29, 1.82) is 0 Å². The van der Waals surface area contributed by atoms with Gasteiger partial charge in [-0.25, -0.2) is 9.67 Å². The van der Waals surface area contributed by atoms with Crippen molar-refractivity contribution < 1.29 is 4.74 Å². The zero-order valence-corrected chi connectivity index (χ0v) is 17.8. The van der Waals surface area contributed by atoms with Gasteiger partial charge in [-0.2, -0.15) is 5.10 Å². The van der Waals surface area contributed by atoms with Crippen molar-refractivity contribution in [1.82, 2.24) is 25.4 Å². The summed E-state index contributed by atoms with van der Waals surface area (Å²) in [5.41, 5.74) is 1.26. The Bertz CT molecular complexity index is 775. The van der Waals surface area contributed by atoms with Gasteiger partial charge in [0.1, 0.15) is 12.4 Å². The highest BCUT2D eigenvalue weighted by Gasteiger charge is 2.22. The highest BCUT2D eigenvalue weighted by atomic mass is 16.5. The van der Waals surface area contributed by atoms with Gasteiger partial charge in [-0.3, -0.25) is 4.99 Å². The monoisotopic (exact) mass is 399 g/mol. The number of nitrogens with one attached hydrogen (secondary N) is 2. The van der Waals surface area contributed by atoms with E-state index in [0.717, 1.165) is 62.9 Å². The number of unbranched alkanes of at least 4 members (excludes halogenated alkanes) is 1. The highest BCUT2D eigenvalue weighted by molar-refractivity contribution is 5.79. The van der Waals surface area contributed by atoms with Crippen LogP contribution in [0, 0.1) is 0 Å². The zero-order chi connectivity index (χ0) is 20.5. The van der Waals surface area contributed by atoms with Crippen LogP contribution in [0.3, 0.4) is 0 Å². The average molecular weight is 400 g/mol. The summed E-state index contributed by atoms with van der Waals surface area (Å²) in [6.45, 7) is 3.20. The number of para-hydroxylation sites is 1. The van der Waals surface area contributed by atoms with Crippen molar-refractivity contribution in [2.24, 2.45) is 4.99 Å². The molecule has 29 heavy (non-hydrogen) atoms. The number of aryl methyl sites for hydroxylation is 1. The Labute approximate surface area is 173 Å². The minimum atomic E-state index is 0.301. The molecule has 2 heterocycles. The molecule has 0 saturated carbocycles. The number of hydrogen-bond acceptors (Lipinski definition) is 5. The molecular formula is C21H33N7O. The smallest absolute Gasteiger partial charge is 0.191 e. The Kier molecular flexibility index (Phi) is 7.86. The van der Waals surface area contributed by atoms with Gasteiger partial charge in [0.25, 0.3) is 0 Å². The fourth-order valence-electron chi connectivity index (χ4n) is 3.55. The largest absolute Gasteiger partial charge is 0.377 e. The van der Waals surface area contributed by atoms with Crippen molar-refractivity contribution in [3.8, 4) is 0 Å². The van der Waals surface area contributed by atoms with Crippen molar-refractivity contribution in [2.75, 3.05) is 39.2 Å². The molecule has 1 aliphatic heterocycles. The fourth-order valence-corrected chi connectivity index (χ4v) is 3.55. The zero-order valence-electron chi connectivity index (χ0n) is 17.8. The van der Waals surface area contributed by atoms with E-state index in [0.29, 0.717) is 12.6 Å². The molecule has 0 radical (unpaired) electrons. The molecule has 1 aromatic carbocycles. The van der Waals surface area contributed by atoms with Crippen LogP contribution in [0.25, 0.3) is 0 Å². The summed E-state index contributed by atoms with van der Waals surface area (Å²) in [6.07, 6.45) is 4.16. The van der Waals surface area contributed by atoms with Crippen LogP contribution in [0.2, 0.25) is 0 Å². The standard InChI is InChI=1S/C21H33N7O/c1-22-21(23-13-7-8-14-27(2)18-9-5-4-6-10-18)24-17-11-12-20-25-19(16-29-3)26-28(20)15-17/h4-6,9-10,17H,7-8,11-16H2,1-3H3,(H2,22,23,24). The van der Waals surface area contributed by atoms with Gasteiger partial charge in [0.05, 0.1) is 6.54 Å². The second-order valence-corrected chi connectivity index (χ2v) is 7.40. The number of ether oxygens (including phenoxy) is 1. The molecule has 2 aromatic rings. The molecule has 0 aliphatic carbocycles. The minimum Gasteiger partial charge on any atom is -0.377 e. The number of aliphatic imine (C=N–C) groups is 1. The molecule has 0 amide bonds. The van der Waals surface area contributed by atoms with Gasteiger partial charge in [0.15, 0.2) is 11.8 Å². The molecule has 3 rings (SSSR count). The van der Waals surface area contributed by atoms with E-state index in [9.17, 15) is 0 Å². The van der Waals surface area contributed by atoms with E-state index < -0.39 is 0 Å². The maximum absolute atomic E-state index is 5.13. The number of aromatic nitrogens is 3. The van der Waals surface area contributed by atoms with Gasteiger partial charge in [-0.05, 0) is 31.4 Å². The molecule has 158 valence electrons. The summed E-state index contributed by atoms with van der Waals surface area (Å²) in [7, 11) is 5.63. The molecule has 1 unspecified atom stereocenters. The number of methoxy groups -OCH3 is 1. The van der Waals surface area contributed by atoms with Crippen molar-refractivity contribution in [2.45, 2.75) is 44.9 Å². The summed E-state index contributed by atoms with van der Waals surface area (Å²) in [6, 6.07) is 10.8. The Morgan fingerprint density at radius 3 is 2.90 bits per heavy atom. The minimum absolute atomic E-state index is 0.301. The number of guanidine groups is 1. The second kappa shape index (κ2) is 10.8. The van der Waals surface area contributed by atoms with E-state index in [1.54, 1.807) is 7.11 Å². The average Bonchev–Trinajstić information content (AvgIpc) is 3.15. The maximum atomic E-state index is 5.13. The summed E-state index contributed by atoms with van der Waals surface area (Å²) < 4.78 is 7.12. The number of hydrogen-bond donors (Lipinski definition) is 2. The SMILES string of the molecule is CN=C(NCCCCN(C)c1ccccc1)NC1CCc2nc(COC)nn2C1. The lowest BCUT2D eigenvalue weighted by atomic mass is 10.1. The Morgan fingerprint density at radius 1 is 1.31 bits per heavy atom. The van der Waals surface area contributed by atoms with Gasteiger partial charge < -0.3 is 20.3 Å². The lowest BCUT2D eigenvalue weighted by molar-refractivity contribution is 0.177. The van der Waals surface area contributed by atoms with E-state index in [4.69, 9.17) is 4.74 Å². The normalized spacial score (nSPS) is 16.4. The van der Waals surface area contributed by atoms with Crippen LogP contribution >= 0.6 is 0 Å². The lowest BCUT2D eigenvalue weighted by Crippen LogP contribution is -2.47. The third-order valence-corrected chi connectivity index (χ3v) is 5.15. The van der Waals surface area contributed by atoms with E-state index in [1.807, 2.05) is 17.8 Å². The molecule has 8 nitrogen and oxygen atoms in total. The maximum Gasteiger partial charge on any atom is 0.191 e. The molecule has 1 atom stereocenters. The van der Waals surface area contributed by atoms with Crippen LogP contribution in [0.5, 0.6) is 0 Å². The summed E-state index contributed by atoms with van der Waals surface area (Å²) >= 11 is 0. The third-order valence-electron chi connectivity index (χ3n) is 5.15. The first-order valence-corrected chi connectivity index (χ1v) is 10.3. The van der Waals surface area contributed by atoms with Gasteiger partial charge >= 0.3 is 0 Å². The van der Waals surface area contributed by atoms with Crippen LogP contribution in [-0.2, 0) is 24.3 Å². The van der Waals surface area contributed by atoms with Crippen LogP contribution in [0.1, 0.15) is 30.9 Å². The number of rotatable bonds is 9. The second-order valence-electron chi connectivity index (χ2n) is 7.40. The van der Waals surface area contributed by atoms with Gasteiger partial charge in [0.2, 0.25) is 0 Å². The van der Waals surface area contributed by atoms with E-state index in [1.165, 1.54) is 5.69 Å². The molecular weight excluding hydrogens is 366 g/mol. The lowest BCUT2D eigenvalue weighted by Gasteiger charge is -2.25.